The van der Waals surface area contributed by atoms with E-state index in [0.29, 0.717) is 16.7 Å². The molecular weight excluding hydrogens is 369 g/mol. The average molecular weight is 387 g/mol. The molecule has 1 heterocycles. The Labute approximate surface area is 160 Å². The number of Topliss-reactive ketones (excluding diaryl/α,β-unsaturated/α-hetero) is 1. The highest BCUT2D eigenvalue weighted by molar-refractivity contribution is 7.99. The van der Waals surface area contributed by atoms with Gasteiger partial charge in [-0.25, -0.2) is 4.39 Å². The summed E-state index contributed by atoms with van der Waals surface area (Å²) in [5.41, 5.74) is 1.10. The summed E-state index contributed by atoms with van der Waals surface area (Å²) in [4.78, 5) is 12.5. The average Bonchev–Trinajstić information content (AvgIpc) is 3.06. The molecule has 0 saturated carbocycles. The molecule has 0 amide bonds. The Hall–Kier alpha value is -2.87. The minimum Gasteiger partial charge on any atom is -0.497 e. The van der Waals surface area contributed by atoms with Gasteiger partial charge in [0, 0.05) is 12.6 Å². The van der Waals surface area contributed by atoms with Crippen LogP contribution in [-0.2, 0) is 7.05 Å². The van der Waals surface area contributed by atoms with E-state index in [0.717, 1.165) is 11.3 Å². The third-order valence-electron chi connectivity index (χ3n) is 3.98. The predicted molar refractivity (Wildman–Crippen MR) is 101 cm³/mol. The summed E-state index contributed by atoms with van der Waals surface area (Å²) < 4.78 is 25.6. The van der Waals surface area contributed by atoms with Gasteiger partial charge < -0.3 is 14.0 Å². The fourth-order valence-electron chi connectivity index (χ4n) is 2.54. The number of benzene rings is 2. The summed E-state index contributed by atoms with van der Waals surface area (Å²) in [6.45, 7) is 0. The van der Waals surface area contributed by atoms with E-state index in [1.807, 2.05) is 35.9 Å². The molecule has 0 spiro atoms. The molecule has 0 bridgehead atoms. The molecule has 0 aliphatic carbocycles. The van der Waals surface area contributed by atoms with Crippen molar-refractivity contribution in [2.45, 2.75) is 5.16 Å². The standard InChI is InChI=1S/C19H18FN3O3S/c1-23-18(12-4-7-14(25-2)8-5-12)21-22-19(23)27-11-16(24)15-10-13(20)6-9-17(15)26-3/h4-10H,11H2,1-3H3. The van der Waals surface area contributed by atoms with Crippen molar-refractivity contribution in [2.75, 3.05) is 20.0 Å². The van der Waals surface area contributed by atoms with Gasteiger partial charge in [0.1, 0.15) is 17.3 Å². The molecule has 8 heteroatoms. The number of thioether (sulfide) groups is 1. The van der Waals surface area contributed by atoms with Crippen molar-refractivity contribution in [3.63, 3.8) is 0 Å². The first-order valence-corrected chi connectivity index (χ1v) is 9.05. The van der Waals surface area contributed by atoms with Crippen molar-refractivity contribution in [3.05, 3.63) is 53.8 Å². The van der Waals surface area contributed by atoms with E-state index in [1.54, 1.807) is 7.11 Å². The highest BCUT2D eigenvalue weighted by Gasteiger charge is 2.17. The number of nitrogens with zero attached hydrogens (tertiary/aromatic N) is 3. The molecule has 0 N–H and O–H groups in total. The number of halogens is 1. The lowest BCUT2D eigenvalue weighted by Gasteiger charge is -2.08. The second-order valence-corrected chi connectivity index (χ2v) is 6.59. The fourth-order valence-corrected chi connectivity index (χ4v) is 3.33. The lowest BCUT2D eigenvalue weighted by Crippen LogP contribution is -2.06. The van der Waals surface area contributed by atoms with Crippen LogP contribution in [-0.4, -0.2) is 40.5 Å². The van der Waals surface area contributed by atoms with Crippen LogP contribution >= 0.6 is 11.8 Å². The number of carbonyl (C=O) groups is 1. The Bertz CT molecular complexity index is 957. The van der Waals surface area contributed by atoms with Crippen molar-refractivity contribution in [1.29, 1.82) is 0 Å². The van der Waals surface area contributed by atoms with Crippen LogP contribution in [0.3, 0.4) is 0 Å². The first kappa shape index (κ1) is 18.9. The maximum absolute atomic E-state index is 13.5. The Morgan fingerprint density at radius 1 is 1.11 bits per heavy atom. The molecule has 0 unspecified atom stereocenters. The Morgan fingerprint density at radius 2 is 1.85 bits per heavy atom. The molecule has 3 aromatic rings. The monoisotopic (exact) mass is 387 g/mol. The van der Waals surface area contributed by atoms with Crippen LogP contribution in [0.2, 0.25) is 0 Å². The first-order chi connectivity index (χ1) is 13.0. The Kier molecular flexibility index (Phi) is 5.75. The highest BCUT2D eigenvalue weighted by Crippen LogP contribution is 2.26. The summed E-state index contributed by atoms with van der Waals surface area (Å²) in [6, 6.07) is 11.3. The van der Waals surface area contributed by atoms with E-state index in [4.69, 9.17) is 9.47 Å². The number of hydrogen-bond acceptors (Lipinski definition) is 6. The molecule has 3 rings (SSSR count). The number of aromatic nitrogens is 3. The van der Waals surface area contributed by atoms with Crippen molar-refractivity contribution >= 4 is 17.5 Å². The third kappa shape index (κ3) is 4.11. The summed E-state index contributed by atoms with van der Waals surface area (Å²) in [6.07, 6.45) is 0. The van der Waals surface area contributed by atoms with Crippen LogP contribution in [0.15, 0.2) is 47.6 Å². The second kappa shape index (κ2) is 8.22. The lowest BCUT2D eigenvalue weighted by molar-refractivity contribution is 0.101. The van der Waals surface area contributed by atoms with E-state index in [1.165, 1.54) is 37.1 Å². The third-order valence-corrected chi connectivity index (χ3v) is 5.00. The van der Waals surface area contributed by atoms with E-state index in [2.05, 4.69) is 10.2 Å². The maximum Gasteiger partial charge on any atom is 0.191 e. The first-order valence-electron chi connectivity index (χ1n) is 8.07. The van der Waals surface area contributed by atoms with Crippen LogP contribution in [0.1, 0.15) is 10.4 Å². The fraction of sp³-hybridized carbons (Fsp3) is 0.211. The molecule has 1 aromatic heterocycles. The molecule has 0 saturated heterocycles. The Balaban J connectivity index is 1.74. The molecule has 0 radical (unpaired) electrons. The van der Waals surface area contributed by atoms with Crippen molar-refractivity contribution in [1.82, 2.24) is 14.8 Å². The Morgan fingerprint density at radius 3 is 2.52 bits per heavy atom. The van der Waals surface area contributed by atoms with Gasteiger partial charge in [-0.3, -0.25) is 4.79 Å². The van der Waals surface area contributed by atoms with Gasteiger partial charge in [0.05, 0.1) is 25.5 Å². The molecule has 2 aromatic carbocycles. The van der Waals surface area contributed by atoms with Crippen LogP contribution in [0.25, 0.3) is 11.4 Å². The second-order valence-electron chi connectivity index (χ2n) is 5.65. The molecule has 0 fully saturated rings. The number of carbonyl (C=O) groups excluding carboxylic acids is 1. The normalized spacial score (nSPS) is 10.7. The van der Waals surface area contributed by atoms with Crippen LogP contribution in [0.5, 0.6) is 11.5 Å². The number of ether oxygens (including phenoxy) is 2. The smallest absolute Gasteiger partial charge is 0.191 e. The largest absolute Gasteiger partial charge is 0.497 e. The van der Waals surface area contributed by atoms with E-state index < -0.39 is 5.82 Å². The maximum atomic E-state index is 13.5. The highest BCUT2D eigenvalue weighted by atomic mass is 32.2. The minimum absolute atomic E-state index is 0.0917. The molecule has 140 valence electrons. The molecule has 0 atom stereocenters. The van der Waals surface area contributed by atoms with Crippen molar-refractivity contribution in [3.8, 4) is 22.9 Å². The molecule has 0 aliphatic heterocycles. The number of ketones is 1. The van der Waals surface area contributed by atoms with Crippen molar-refractivity contribution in [2.24, 2.45) is 7.05 Å². The quantitative estimate of drug-likeness (QED) is 0.456. The van der Waals surface area contributed by atoms with Gasteiger partial charge in [0.2, 0.25) is 0 Å². The summed E-state index contributed by atoms with van der Waals surface area (Å²) >= 11 is 1.24. The molecule has 27 heavy (non-hydrogen) atoms. The summed E-state index contributed by atoms with van der Waals surface area (Å²) in [5, 5.41) is 8.93. The zero-order valence-corrected chi connectivity index (χ0v) is 15.9. The van der Waals surface area contributed by atoms with E-state index >= 15 is 0 Å². The number of methoxy groups -OCH3 is 2. The van der Waals surface area contributed by atoms with E-state index in [-0.39, 0.29) is 17.1 Å². The van der Waals surface area contributed by atoms with E-state index in [9.17, 15) is 9.18 Å². The van der Waals surface area contributed by atoms with Crippen LogP contribution in [0.4, 0.5) is 4.39 Å². The van der Waals surface area contributed by atoms with Gasteiger partial charge in [-0.15, -0.1) is 10.2 Å². The zero-order chi connectivity index (χ0) is 19.4. The molecule has 6 nitrogen and oxygen atoms in total. The van der Waals surface area contributed by atoms with Gasteiger partial charge in [-0.1, -0.05) is 11.8 Å². The molecule has 0 aliphatic rings. The number of rotatable bonds is 7. The van der Waals surface area contributed by atoms with Gasteiger partial charge >= 0.3 is 0 Å². The summed E-state index contributed by atoms with van der Waals surface area (Å²) in [5.74, 6) is 1.14. The predicted octanol–water partition coefficient (Wildman–Crippen LogP) is 3.61. The number of hydrogen-bond donors (Lipinski definition) is 0. The van der Waals surface area contributed by atoms with Gasteiger partial charge in [0.15, 0.2) is 16.8 Å². The zero-order valence-electron chi connectivity index (χ0n) is 15.1. The minimum atomic E-state index is -0.482. The van der Waals surface area contributed by atoms with Gasteiger partial charge in [-0.05, 0) is 42.5 Å². The van der Waals surface area contributed by atoms with Gasteiger partial charge in [0.25, 0.3) is 0 Å². The van der Waals surface area contributed by atoms with Gasteiger partial charge in [-0.2, -0.15) is 0 Å². The van der Waals surface area contributed by atoms with Crippen molar-refractivity contribution < 1.29 is 18.7 Å². The van der Waals surface area contributed by atoms with Crippen LogP contribution < -0.4 is 9.47 Å². The molecular formula is C19H18FN3O3S. The topological polar surface area (TPSA) is 66.2 Å². The summed E-state index contributed by atoms with van der Waals surface area (Å²) in [7, 11) is 4.88. The SMILES string of the molecule is COc1ccc(-c2nnc(SCC(=O)c3cc(F)ccc3OC)n2C)cc1. The van der Waals surface area contributed by atoms with Crippen LogP contribution in [0, 0.1) is 5.82 Å². The lowest BCUT2D eigenvalue weighted by atomic mass is 10.1.